The molecule has 0 radical (unpaired) electrons. The summed E-state index contributed by atoms with van der Waals surface area (Å²) in [6.07, 6.45) is 8.83. The van der Waals surface area contributed by atoms with Crippen LogP contribution in [0.5, 0.6) is 0 Å². The van der Waals surface area contributed by atoms with Crippen molar-refractivity contribution in [3.05, 3.63) is 24.0 Å². The first-order valence-electron chi connectivity index (χ1n) is 5.38. The normalized spacial score (nSPS) is 21.5. The molecule has 1 aromatic rings. The van der Waals surface area contributed by atoms with Gasteiger partial charge < -0.3 is 5.73 Å². The van der Waals surface area contributed by atoms with Gasteiger partial charge in [-0.3, -0.25) is 0 Å². The van der Waals surface area contributed by atoms with Gasteiger partial charge in [-0.1, -0.05) is 25.7 Å². The predicted molar refractivity (Wildman–Crippen MR) is 55.6 cm³/mol. The molecule has 76 valence electrons. The highest BCUT2D eigenvalue weighted by atomic mass is 15.1. The van der Waals surface area contributed by atoms with E-state index < -0.39 is 0 Å². The van der Waals surface area contributed by atoms with Crippen molar-refractivity contribution < 1.29 is 0 Å². The highest BCUT2D eigenvalue weighted by Crippen LogP contribution is 2.31. The number of aromatic nitrogens is 2. The zero-order valence-electron chi connectivity index (χ0n) is 8.45. The topological polar surface area (TPSA) is 51.8 Å². The molecule has 2 N–H and O–H groups in total. The monoisotopic (exact) mass is 191 g/mol. The summed E-state index contributed by atoms with van der Waals surface area (Å²) < 4.78 is 0. The summed E-state index contributed by atoms with van der Waals surface area (Å²) in [5.41, 5.74) is 7.12. The van der Waals surface area contributed by atoms with Crippen molar-refractivity contribution in [1.82, 2.24) is 10.2 Å². The molecule has 1 fully saturated rings. The van der Waals surface area contributed by atoms with Crippen LogP contribution in [0.4, 0.5) is 0 Å². The smallest absolute Gasteiger partial charge is 0.0829 e. The van der Waals surface area contributed by atoms with Crippen LogP contribution in [0.3, 0.4) is 0 Å². The maximum Gasteiger partial charge on any atom is 0.0829 e. The van der Waals surface area contributed by atoms with Crippen LogP contribution in [0.1, 0.15) is 44.2 Å². The van der Waals surface area contributed by atoms with Gasteiger partial charge in [0.25, 0.3) is 0 Å². The number of hydrogen-bond donors (Lipinski definition) is 1. The van der Waals surface area contributed by atoms with Crippen LogP contribution in [0.15, 0.2) is 18.3 Å². The van der Waals surface area contributed by atoms with Crippen LogP contribution < -0.4 is 5.73 Å². The van der Waals surface area contributed by atoms with E-state index in [1.165, 1.54) is 25.7 Å². The minimum atomic E-state index is -0.218. The van der Waals surface area contributed by atoms with Crippen LogP contribution in [-0.2, 0) is 5.54 Å². The molecule has 3 nitrogen and oxygen atoms in total. The Morgan fingerprint density at radius 2 is 1.86 bits per heavy atom. The minimum Gasteiger partial charge on any atom is -0.320 e. The first-order chi connectivity index (χ1) is 6.81. The van der Waals surface area contributed by atoms with E-state index in [0.717, 1.165) is 18.5 Å². The fourth-order valence-electron chi connectivity index (χ4n) is 2.18. The highest BCUT2D eigenvalue weighted by Gasteiger charge is 2.29. The Morgan fingerprint density at radius 1 is 1.14 bits per heavy atom. The molecule has 0 atom stereocenters. The Morgan fingerprint density at radius 3 is 2.43 bits per heavy atom. The SMILES string of the molecule is NC1(c2cccnn2)CCCCCC1. The van der Waals surface area contributed by atoms with Crippen LogP contribution >= 0.6 is 0 Å². The van der Waals surface area contributed by atoms with E-state index >= 15 is 0 Å². The average molecular weight is 191 g/mol. The minimum absolute atomic E-state index is 0.218. The van der Waals surface area contributed by atoms with Crippen LogP contribution in [0.25, 0.3) is 0 Å². The van der Waals surface area contributed by atoms with E-state index in [1.54, 1.807) is 6.20 Å². The van der Waals surface area contributed by atoms with E-state index in [4.69, 9.17) is 5.73 Å². The Labute approximate surface area is 84.7 Å². The fraction of sp³-hybridized carbons (Fsp3) is 0.636. The summed E-state index contributed by atoms with van der Waals surface area (Å²) in [7, 11) is 0. The van der Waals surface area contributed by atoms with Gasteiger partial charge in [-0.05, 0) is 25.0 Å². The maximum atomic E-state index is 6.38. The Hall–Kier alpha value is -0.960. The zero-order valence-corrected chi connectivity index (χ0v) is 8.45. The maximum absolute atomic E-state index is 6.38. The van der Waals surface area contributed by atoms with Gasteiger partial charge in [0.15, 0.2) is 0 Å². The van der Waals surface area contributed by atoms with Gasteiger partial charge in [0.1, 0.15) is 0 Å². The molecule has 1 aliphatic carbocycles. The van der Waals surface area contributed by atoms with Crippen molar-refractivity contribution >= 4 is 0 Å². The second-order valence-corrected chi connectivity index (χ2v) is 4.18. The second kappa shape index (κ2) is 4.05. The Bertz CT molecular complexity index is 276. The van der Waals surface area contributed by atoms with Crippen molar-refractivity contribution in [1.29, 1.82) is 0 Å². The fourth-order valence-corrected chi connectivity index (χ4v) is 2.18. The molecular formula is C11H17N3. The lowest BCUT2D eigenvalue weighted by Crippen LogP contribution is -2.37. The zero-order chi connectivity index (χ0) is 9.86. The number of rotatable bonds is 1. The third-order valence-electron chi connectivity index (χ3n) is 3.08. The lowest BCUT2D eigenvalue weighted by Gasteiger charge is -2.26. The molecule has 0 aromatic carbocycles. The van der Waals surface area contributed by atoms with E-state index in [-0.39, 0.29) is 5.54 Å². The van der Waals surface area contributed by atoms with E-state index in [0.29, 0.717) is 0 Å². The summed E-state index contributed by atoms with van der Waals surface area (Å²) in [5.74, 6) is 0. The van der Waals surface area contributed by atoms with Gasteiger partial charge in [0, 0.05) is 6.20 Å². The number of nitrogens with zero attached hydrogens (tertiary/aromatic N) is 2. The van der Waals surface area contributed by atoms with Crippen LogP contribution in [0, 0.1) is 0 Å². The number of hydrogen-bond acceptors (Lipinski definition) is 3. The summed E-state index contributed by atoms with van der Waals surface area (Å²) in [4.78, 5) is 0. The van der Waals surface area contributed by atoms with E-state index in [2.05, 4.69) is 10.2 Å². The van der Waals surface area contributed by atoms with E-state index in [9.17, 15) is 0 Å². The predicted octanol–water partition coefficient (Wildman–Crippen LogP) is 1.98. The van der Waals surface area contributed by atoms with Crippen molar-refractivity contribution in [2.75, 3.05) is 0 Å². The first-order valence-corrected chi connectivity index (χ1v) is 5.38. The lowest BCUT2D eigenvalue weighted by atomic mass is 9.88. The Balaban J connectivity index is 2.21. The van der Waals surface area contributed by atoms with Crippen molar-refractivity contribution in [3.8, 4) is 0 Å². The molecule has 0 aliphatic heterocycles. The molecular weight excluding hydrogens is 174 g/mol. The largest absolute Gasteiger partial charge is 0.320 e. The summed E-state index contributed by atoms with van der Waals surface area (Å²) in [6.45, 7) is 0. The van der Waals surface area contributed by atoms with Gasteiger partial charge in [-0.25, -0.2) is 0 Å². The third-order valence-corrected chi connectivity index (χ3v) is 3.08. The first kappa shape index (κ1) is 9.59. The summed E-state index contributed by atoms with van der Waals surface area (Å²) >= 11 is 0. The van der Waals surface area contributed by atoms with Crippen LogP contribution in [-0.4, -0.2) is 10.2 Å². The Kier molecular flexibility index (Phi) is 2.77. The van der Waals surface area contributed by atoms with Gasteiger partial charge in [0.05, 0.1) is 11.2 Å². The average Bonchev–Trinajstić information content (AvgIpc) is 2.46. The molecule has 0 unspecified atom stereocenters. The van der Waals surface area contributed by atoms with Gasteiger partial charge in [-0.2, -0.15) is 10.2 Å². The molecule has 0 amide bonds. The molecule has 0 saturated heterocycles. The third kappa shape index (κ3) is 1.93. The summed E-state index contributed by atoms with van der Waals surface area (Å²) in [6, 6.07) is 3.92. The molecule has 0 spiro atoms. The van der Waals surface area contributed by atoms with Crippen molar-refractivity contribution in [2.24, 2.45) is 5.73 Å². The molecule has 14 heavy (non-hydrogen) atoms. The second-order valence-electron chi connectivity index (χ2n) is 4.18. The number of nitrogens with two attached hydrogens (primary N) is 1. The van der Waals surface area contributed by atoms with Crippen LogP contribution in [0.2, 0.25) is 0 Å². The molecule has 2 rings (SSSR count). The molecule has 1 heterocycles. The quantitative estimate of drug-likeness (QED) is 0.690. The molecule has 0 bridgehead atoms. The van der Waals surface area contributed by atoms with E-state index in [1.807, 2.05) is 12.1 Å². The summed E-state index contributed by atoms with van der Waals surface area (Å²) in [5, 5.41) is 8.05. The van der Waals surface area contributed by atoms with Crippen molar-refractivity contribution in [2.45, 2.75) is 44.1 Å². The molecule has 1 aromatic heterocycles. The molecule has 1 aliphatic rings. The van der Waals surface area contributed by atoms with Gasteiger partial charge in [-0.15, -0.1) is 0 Å². The van der Waals surface area contributed by atoms with Gasteiger partial charge in [0.2, 0.25) is 0 Å². The standard InChI is InChI=1S/C11H17N3/c12-11(7-3-1-2-4-8-11)10-6-5-9-13-14-10/h5-6,9H,1-4,7-8,12H2. The molecule has 1 saturated carbocycles. The van der Waals surface area contributed by atoms with Gasteiger partial charge >= 0.3 is 0 Å². The van der Waals surface area contributed by atoms with Crippen molar-refractivity contribution in [3.63, 3.8) is 0 Å². The molecule has 3 heteroatoms. The highest BCUT2D eigenvalue weighted by molar-refractivity contribution is 5.13. The lowest BCUT2D eigenvalue weighted by molar-refractivity contribution is 0.371.